The number of furan rings is 1. The Labute approximate surface area is 177 Å². The summed E-state index contributed by atoms with van der Waals surface area (Å²) in [7, 11) is 1.76. The highest BCUT2D eigenvalue weighted by atomic mass is 16.3. The first-order valence-corrected chi connectivity index (χ1v) is 10.00. The Morgan fingerprint density at radius 3 is 2.40 bits per heavy atom. The summed E-state index contributed by atoms with van der Waals surface area (Å²) in [6, 6.07) is 19.6. The molecule has 0 radical (unpaired) electrons. The normalized spacial score (nSPS) is 12.3. The summed E-state index contributed by atoms with van der Waals surface area (Å²) in [5.74, 6) is 1.15. The minimum absolute atomic E-state index is 0.266. The van der Waals surface area contributed by atoms with Crippen molar-refractivity contribution in [2.75, 3.05) is 18.9 Å². The number of amides is 1. The number of aliphatic imine (C=N–C) groups is 1. The highest BCUT2D eigenvalue weighted by Crippen LogP contribution is 2.15. The van der Waals surface area contributed by atoms with E-state index < -0.39 is 0 Å². The van der Waals surface area contributed by atoms with Crippen molar-refractivity contribution in [2.24, 2.45) is 4.99 Å². The van der Waals surface area contributed by atoms with Gasteiger partial charge in [0.15, 0.2) is 11.7 Å². The van der Waals surface area contributed by atoms with Gasteiger partial charge in [-0.2, -0.15) is 0 Å². The van der Waals surface area contributed by atoms with Crippen LogP contribution in [0.1, 0.15) is 40.1 Å². The number of carbonyl (C=O) groups is 1. The molecule has 1 aromatic heterocycles. The van der Waals surface area contributed by atoms with E-state index in [4.69, 9.17) is 4.42 Å². The molecule has 1 unspecified atom stereocenters. The van der Waals surface area contributed by atoms with Crippen LogP contribution >= 0.6 is 0 Å². The van der Waals surface area contributed by atoms with Gasteiger partial charge in [0.1, 0.15) is 0 Å². The molecule has 156 valence electrons. The topological polar surface area (TPSA) is 78.7 Å². The van der Waals surface area contributed by atoms with Crippen molar-refractivity contribution in [3.05, 3.63) is 89.4 Å². The second kappa shape index (κ2) is 10.3. The van der Waals surface area contributed by atoms with Crippen LogP contribution in [-0.4, -0.2) is 25.5 Å². The van der Waals surface area contributed by atoms with E-state index >= 15 is 0 Å². The number of anilines is 1. The molecule has 3 aromatic rings. The van der Waals surface area contributed by atoms with Crippen molar-refractivity contribution in [2.45, 2.75) is 26.3 Å². The van der Waals surface area contributed by atoms with Gasteiger partial charge in [-0.1, -0.05) is 48.9 Å². The lowest BCUT2D eigenvalue weighted by Crippen LogP contribution is -2.38. The van der Waals surface area contributed by atoms with Crippen LogP contribution in [0.5, 0.6) is 0 Å². The van der Waals surface area contributed by atoms with E-state index in [1.54, 1.807) is 19.2 Å². The van der Waals surface area contributed by atoms with Gasteiger partial charge in [-0.25, -0.2) is 0 Å². The maximum Gasteiger partial charge on any atom is 0.291 e. The fourth-order valence-electron chi connectivity index (χ4n) is 2.98. The lowest BCUT2D eigenvalue weighted by Gasteiger charge is -2.17. The molecular weight excluding hydrogens is 376 g/mol. The maximum atomic E-state index is 12.0. The summed E-state index contributed by atoms with van der Waals surface area (Å²) in [5.41, 5.74) is 4.37. The van der Waals surface area contributed by atoms with Gasteiger partial charge < -0.3 is 20.4 Å². The minimum atomic E-state index is -0.266. The standard InChI is InChI=1S/C24H28N4O2/c1-17-6-10-20(11-7-17)18(2)15-26-24(25-3)27-16-19-8-12-21(13-9-19)28-23(29)22-5-4-14-30-22/h4-14,18H,15-16H2,1-3H3,(H,28,29)(H2,25,26,27). The smallest absolute Gasteiger partial charge is 0.291 e. The summed E-state index contributed by atoms with van der Waals surface area (Å²) in [5, 5.41) is 9.51. The highest BCUT2D eigenvalue weighted by molar-refractivity contribution is 6.02. The van der Waals surface area contributed by atoms with Gasteiger partial charge in [0.2, 0.25) is 0 Å². The van der Waals surface area contributed by atoms with Crippen molar-refractivity contribution in [1.82, 2.24) is 10.6 Å². The number of rotatable bonds is 7. The zero-order valence-electron chi connectivity index (χ0n) is 17.6. The molecule has 3 rings (SSSR count). The van der Waals surface area contributed by atoms with E-state index in [0.717, 1.165) is 23.8 Å². The van der Waals surface area contributed by atoms with E-state index in [-0.39, 0.29) is 11.7 Å². The third kappa shape index (κ3) is 5.98. The van der Waals surface area contributed by atoms with Gasteiger partial charge in [0, 0.05) is 25.8 Å². The monoisotopic (exact) mass is 404 g/mol. The van der Waals surface area contributed by atoms with Gasteiger partial charge in [-0.15, -0.1) is 0 Å². The molecule has 1 amide bonds. The first-order valence-electron chi connectivity index (χ1n) is 10.00. The van der Waals surface area contributed by atoms with Crippen LogP contribution in [-0.2, 0) is 6.54 Å². The van der Waals surface area contributed by atoms with Gasteiger partial charge in [0.25, 0.3) is 5.91 Å². The van der Waals surface area contributed by atoms with Crippen LogP contribution < -0.4 is 16.0 Å². The first kappa shape index (κ1) is 21.2. The fraction of sp³-hybridized carbons (Fsp3) is 0.250. The number of guanidine groups is 1. The van der Waals surface area contributed by atoms with Crippen molar-refractivity contribution in [3.63, 3.8) is 0 Å². The average Bonchev–Trinajstić information content (AvgIpc) is 3.30. The summed E-state index contributed by atoms with van der Waals surface area (Å²) < 4.78 is 5.10. The SMILES string of the molecule is CN=C(NCc1ccc(NC(=O)c2ccco2)cc1)NCC(C)c1ccc(C)cc1. The molecule has 0 fully saturated rings. The zero-order chi connectivity index (χ0) is 21.3. The second-order valence-corrected chi connectivity index (χ2v) is 7.25. The molecule has 6 nitrogen and oxygen atoms in total. The number of carbonyl (C=O) groups excluding carboxylic acids is 1. The first-order chi connectivity index (χ1) is 14.5. The molecule has 2 aromatic carbocycles. The summed E-state index contributed by atoms with van der Waals surface area (Å²) in [4.78, 5) is 16.3. The molecule has 0 aliphatic heterocycles. The molecule has 0 bridgehead atoms. The van der Waals surface area contributed by atoms with E-state index in [1.807, 2.05) is 24.3 Å². The average molecular weight is 405 g/mol. The quantitative estimate of drug-likeness (QED) is 0.405. The lowest BCUT2D eigenvalue weighted by molar-refractivity contribution is 0.0996. The van der Waals surface area contributed by atoms with Gasteiger partial charge >= 0.3 is 0 Å². The van der Waals surface area contributed by atoms with Gasteiger partial charge in [-0.05, 0) is 48.2 Å². The number of hydrogen-bond acceptors (Lipinski definition) is 3. The molecule has 6 heteroatoms. The molecular formula is C24H28N4O2. The Hall–Kier alpha value is -3.54. The molecule has 30 heavy (non-hydrogen) atoms. The van der Waals surface area contributed by atoms with Gasteiger partial charge in [-0.3, -0.25) is 9.79 Å². The molecule has 1 heterocycles. The molecule has 0 saturated heterocycles. The molecule has 3 N–H and O–H groups in total. The number of benzene rings is 2. The summed E-state index contributed by atoms with van der Waals surface area (Å²) in [6.45, 7) is 5.71. The van der Waals surface area contributed by atoms with Crippen LogP contribution in [0.15, 0.2) is 76.3 Å². The maximum absolute atomic E-state index is 12.0. The molecule has 0 aliphatic rings. The van der Waals surface area contributed by atoms with E-state index in [9.17, 15) is 4.79 Å². The predicted molar refractivity (Wildman–Crippen MR) is 121 cm³/mol. The summed E-state index contributed by atoms with van der Waals surface area (Å²) >= 11 is 0. The van der Waals surface area contributed by atoms with Crippen molar-refractivity contribution >= 4 is 17.6 Å². The number of nitrogens with one attached hydrogen (secondary N) is 3. The zero-order valence-corrected chi connectivity index (χ0v) is 17.6. The van der Waals surface area contributed by atoms with E-state index in [0.29, 0.717) is 12.5 Å². The van der Waals surface area contributed by atoms with E-state index in [2.05, 4.69) is 59.1 Å². The Bertz CT molecular complexity index is 961. The van der Waals surface area contributed by atoms with Crippen LogP contribution in [0.2, 0.25) is 0 Å². The minimum Gasteiger partial charge on any atom is -0.459 e. The predicted octanol–water partition coefficient (Wildman–Crippen LogP) is 4.31. The largest absolute Gasteiger partial charge is 0.459 e. The lowest BCUT2D eigenvalue weighted by atomic mass is 10.0. The van der Waals surface area contributed by atoms with E-state index in [1.165, 1.54) is 17.4 Å². The summed E-state index contributed by atoms with van der Waals surface area (Å²) in [6.07, 6.45) is 1.48. The van der Waals surface area contributed by atoms with Crippen molar-refractivity contribution in [1.29, 1.82) is 0 Å². The van der Waals surface area contributed by atoms with Crippen LogP contribution in [0, 0.1) is 6.92 Å². The Balaban J connectivity index is 1.46. The third-order valence-corrected chi connectivity index (χ3v) is 4.86. The Kier molecular flexibility index (Phi) is 7.27. The van der Waals surface area contributed by atoms with Crippen LogP contribution in [0.4, 0.5) is 5.69 Å². The number of hydrogen-bond donors (Lipinski definition) is 3. The second-order valence-electron chi connectivity index (χ2n) is 7.25. The Morgan fingerprint density at radius 2 is 1.77 bits per heavy atom. The number of nitrogens with zero attached hydrogens (tertiary/aromatic N) is 1. The molecule has 0 aliphatic carbocycles. The molecule has 1 atom stereocenters. The Morgan fingerprint density at radius 1 is 1.03 bits per heavy atom. The fourth-order valence-corrected chi connectivity index (χ4v) is 2.98. The molecule has 0 spiro atoms. The van der Waals surface area contributed by atoms with Crippen molar-refractivity contribution in [3.8, 4) is 0 Å². The molecule has 0 saturated carbocycles. The van der Waals surface area contributed by atoms with Crippen LogP contribution in [0.3, 0.4) is 0 Å². The van der Waals surface area contributed by atoms with Crippen LogP contribution in [0.25, 0.3) is 0 Å². The van der Waals surface area contributed by atoms with Gasteiger partial charge in [0.05, 0.1) is 6.26 Å². The van der Waals surface area contributed by atoms with Crippen molar-refractivity contribution < 1.29 is 9.21 Å². The highest BCUT2D eigenvalue weighted by Gasteiger charge is 2.09. The number of aryl methyl sites for hydroxylation is 1. The third-order valence-electron chi connectivity index (χ3n) is 4.86.